The molecular weight excluding hydrogens is 190 g/mol. The molecule has 0 saturated heterocycles. The molecule has 0 radical (unpaired) electrons. The van der Waals surface area contributed by atoms with Crippen molar-refractivity contribution in [3.05, 3.63) is 0 Å². The van der Waals surface area contributed by atoms with Crippen LogP contribution in [0, 0.1) is 11.3 Å². The maximum Gasteiger partial charge on any atom is 0.143 e. The lowest BCUT2D eigenvalue weighted by Gasteiger charge is -2.41. The summed E-state index contributed by atoms with van der Waals surface area (Å²) in [5, 5.41) is 14.9. The molecule has 1 rings (SSSR count). The third-order valence-electron chi connectivity index (χ3n) is 3.74. The van der Waals surface area contributed by atoms with E-state index >= 15 is 0 Å². The van der Waals surface area contributed by atoms with Crippen LogP contribution < -0.4 is 11.1 Å². The van der Waals surface area contributed by atoms with Gasteiger partial charge >= 0.3 is 0 Å². The smallest absolute Gasteiger partial charge is 0.143 e. The van der Waals surface area contributed by atoms with Crippen molar-refractivity contribution in [2.45, 2.75) is 39.5 Å². The normalized spacial score (nSPS) is 22.1. The van der Waals surface area contributed by atoms with Crippen molar-refractivity contribution in [2.75, 3.05) is 13.1 Å². The van der Waals surface area contributed by atoms with Crippen LogP contribution in [0.4, 0.5) is 0 Å². The molecule has 1 atom stereocenters. The fourth-order valence-corrected chi connectivity index (χ4v) is 2.09. The molecule has 0 bridgehead atoms. The maximum absolute atomic E-state index is 8.50. The molecule has 0 heterocycles. The lowest BCUT2D eigenvalue weighted by molar-refractivity contribution is 0.123. The molecule has 0 aliphatic heterocycles. The van der Waals surface area contributed by atoms with Crippen LogP contribution in [-0.4, -0.2) is 24.1 Å². The van der Waals surface area contributed by atoms with E-state index in [-0.39, 0.29) is 5.92 Å². The first-order valence-electron chi connectivity index (χ1n) is 5.81. The number of nitrogens with two attached hydrogens (primary N) is 1. The summed E-state index contributed by atoms with van der Waals surface area (Å²) >= 11 is 0. The van der Waals surface area contributed by atoms with Crippen molar-refractivity contribution in [1.29, 1.82) is 0 Å². The van der Waals surface area contributed by atoms with E-state index in [0.717, 1.165) is 13.1 Å². The Hall–Kier alpha value is -0.770. The van der Waals surface area contributed by atoms with E-state index < -0.39 is 0 Å². The van der Waals surface area contributed by atoms with Gasteiger partial charge in [-0.1, -0.05) is 25.4 Å². The number of rotatable bonds is 6. The van der Waals surface area contributed by atoms with Gasteiger partial charge in [-0.25, -0.2) is 0 Å². The van der Waals surface area contributed by atoms with Gasteiger partial charge in [0.2, 0.25) is 0 Å². The molecule has 0 amide bonds. The fraction of sp³-hybridized carbons (Fsp3) is 0.909. The quantitative estimate of drug-likeness (QED) is 0.271. The Kier molecular flexibility index (Phi) is 4.39. The Labute approximate surface area is 91.9 Å². The number of amidine groups is 1. The van der Waals surface area contributed by atoms with Gasteiger partial charge in [-0.15, -0.1) is 0 Å². The van der Waals surface area contributed by atoms with E-state index in [0.29, 0.717) is 11.3 Å². The second-order valence-electron chi connectivity index (χ2n) is 4.76. The van der Waals surface area contributed by atoms with Crippen molar-refractivity contribution >= 4 is 5.84 Å². The van der Waals surface area contributed by atoms with Crippen molar-refractivity contribution in [2.24, 2.45) is 22.2 Å². The summed E-state index contributed by atoms with van der Waals surface area (Å²) in [4.78, 5) is 0. The maximum atomic E-state index is 8.50. The van der Waals surface area contributed by atoms with Crippen LogP contribution in [-0.2, 0) is 0 Å². The molecule has 4 N–H and O–H groups in total. The summed E-state index contributed by atoms with van der Waals surface area (Å²) in [6, 6.07) is 0. The molecule has 4 heteroatoms. The molecule has 1 aliphatic carbocycles. The lowest BCUT2D eigenvalue weighted by atomic mass is 9.67. The Morgan fingerprint density at radius 3 is 2.67 bits per heavy atom. The number of nitrogens with one attached hydrogen (secondary N) is 1. The second-order valence-corrected chi connectivity index (χ2v) is 4.76. The molecule has 88 valence electrons. The lowest BCUT2D eigenvalue weighted by Crippen LogP contribution is -2.42. The highest BCUT2D eigenvalue weighted by molar-refractivity contribution is 5.82. The van der Waals surface area contributed by atoms with E-state index in [1.54, 1.807) is 0 Å². The van der Waals surface area contributed by atoms with Crippen LogP contribution in [0.15, 0.2) is 5.16 Å². The Morgan fingerprint density at radius 1 is 1.60 bits per heavy atom. The van der Waals surface area contributed by atoms with Crippen LogP contribution in [0.25, 0.3) is 0 Å². The van der Waals surface area contributed by atoms with Crippen molar-refractivity contribution in [3.8, 4) is 0 Å². The summed E-state index contributed by atoms with van der Waals surface area (Å²) in [5.74, 6) is 0.408. The zero-order chi connectivity index (χ0) is 11.3. The first-order valence-corrected chi connectivity index (χ1v) is 5.81. The first-order chi connectivity index (χ1) is 7.13. The second kappa shape index (κ2) is 5.35. The zero-order valence-electron chi connectivity index (χ0n) is 9.79. The van der Waals surface area contributed by atoms with Gasteiger partial charge < -0.3 is 16.3 Å². The molecule has 0 aromatic carbocycles. The van der Waals surface area contributed by atoms with Crippen LogP contribution in [0.2, 0.25) is 0 Å². The van der Waals surface area contributed by atoms with Gasteiger partial charge in [0.15, 0.2) is 0 Å². The summed E-state index contributed by atoms with van der Waals surface area (Å²) in [6.45, 7) is 6.07. The van der Waals surface area contributed by atoms with Gasteiger partial charge in [-0.3, -0.25) is 0 Å². The standard InChI is InChI=1S/C11H23N3O/c1-3-11(5-4-6-11)8-13-7-9(2)10(12)14-15/h9,13,15H,3-8H2,1-2H3,(H2,12,14). The third kappa shape index (κ3) is 3.09. The summed E-state index contributed by atoms with van der Waals surface area (Å²) in [7, 11) is 0. The minimum atomic E-state index is 0.101. The molecular formula is C11H23N3O. The predicted octanol–water partition coefficient (Wildman–Crippen LogP) is 1.54. The van der Waals surface area contributed by atoms with Gasteiger partial charge in [0.1, 0.15) is 5.84 Å². The predicted molar refractivity (Wildman–Crippen MR) is 62.0 cm³/mol. The van der Waals surface area contributed by atoms with Crippen LogP contribution in [0.3, 0.4) is 0 Å². The van der Waals surface area contributed by atoms with Crippen molar-refractivity contribution in [1.82, 2.24) is 5.32 Å². The summed E-state index contributed by atoms with van der Waals surface area (Å²) < 4.78 is 0. The van der Waals surface area contributed by atoms with Crippen molar-refractivity contribution in [3.63, 3.8) is 0 Å². The molecule has 1 aliphatic rings. The molecule has 15 heavy (non-hydrogen) atoms. The highest BCUT2D eigenvalue weighted by atomic mass is 16.4. The van der Waals surface area contributed by atoms with Crippen LogP contribution in [0.1, 0.15) is 39.5 Å². The highest BCUT2D eigenvalue weighted by Crippen LogP contribution is 2.42. The number of oxime groups is 1. The molecule has 1 fully saturated rings. The summed E-state index contributed by atoms with van der Waals surface area (Å²) in [6.07, 6.45) is 5.30. The van der Waals surface area contributed by atoms with Gasteiger partial charge in [-0.2, -0.15) is 0 Å². The minimum Gasteiger partial charge on any atom is -0.409 e. The number of nitrogens with zero attached hydrogens (tertiary/aromatic N) is 1. The van der Waals surface area contributed by atoms with E-state index in [4.69, 9.17) is 10.9 Å². The highest BCUT2D eigenvalue weighted by Gasteiger charge is 2.34. The Bertz CT molecular complexity index is 218. The van der Waals surface area contributed by atoms with Crippen LogP contribution >= 0.6 is 0 Å². The number of hydrogen-bond donors (Lipinski definition) is 3. The van der Waals surface area contributed by atoms with Crippen LogP contribution in [0.5, 0.6) is 0 Å². The van der Waals surface area contributed by atoms with Gasteiger partial charge in [-0.05, 0) is 24.7 Å². The summed E-state index contributed by atoms with van der Waals surface area (Å²) in [5.41, 5.74) is 6.04. The Morgan fingerprint density at radius 2 is 2.27 bits per heavy atom. The molecule has 0 spiro atoms. The number of hydrogen-bond acceptors (Lipinski definition) is 3. The average molecular weight is 213 g/mol. The van der Waals surface area contributed by atoms with E-state index in [9.17, 15) is 0 Å². The molecule has 4 nitrogen and oxygen atoms in total. The fourth-order valence-electron chi connectivity index (χ4n) is 2.09. The van der Waals surface area contributed by atoms with E-state index in [1.807, 2.05) is 6.92 Å². The minimum absolute atomic E-state index is 0.101. The van der Waals surface area contributed by atoms with Gasteiger partial charge in [0, 0.05) is 19.0 Å². The van der Waals surface area contributed by atoms with E-state index in [2.05, 4.69) is 17.4 Å². The molecule has 1 saturated carbocycles. The third-order valence-corrected chi connectivity index (χ3v) is 3.74. The SMILES string of the molecule is CCC1(CNCC(C)C(N)=NO)CCC1. The topological polar surface area (TPSA) is 70.6 Å². The molecule has 0 aromatic rings. The largest absolute Gasteiger partial charge is 0.409 e. The van der Waals surface area contributed by atoms with Crippen molar-refractivity contribution < 1.29 is 5.21 Å². The van der Waals surface area contributed by atoms with Gasteiger partial charge in [0.25, 0.3) is 0 Å². The molecule has 0 aromatic heterocycles. The zero-order valence-corrected chi connectivity index (χ0v) is 9.79. The monoisotopic (exact) mass is 213 g/mol. The average Bonchev–Trinajstić information content (AvgIpc) is 2.20. The Balaban J connectivity index is 2.21. The van der Waals surface area contributed by atoms with Gasteiger partial charge in [0.05, 0.1) is 0 Å². The van der Waals surface area contributed by atoms with E-state index in [1.165, 1.54) is 25.7 Å². The molecule has 1 unspecified atom stereocenters. The first kappa shape index (κ1) is 12.3.